The third-order valence-electron chi connectivity index (χ3n) is 4.65. The van der Waals surface area contributed by atoms with Crippen molar-refractivity contribution in [1.29, 1.82) is 0 Å². The summed E-state index contributed by atoms with van der Waals surface area (Å²) in [5.74, 6) is 1.46. The van der Waals surface area contributed by atoms with Gasteiger partial charge in [0, 0.05) is 12.6 Å². The first-order valence-electron chi connectivity index (χ1n) is 8.45. The van der Waals surface area contributed by atoms with Gasteiger partial charge in [-0.1, -0.05) is 50.2 Å². The van der Waals surface area contributed by atoms with E-state index in [1.165, 1.54) is 24.0 Å². The Morgan fingerprint density at radius 3 is 2.59 bits per heavy atom. The zero-order chi connectivity index (χ0) is 15.5. The van der Waals surface area contributed by atoms with E-state index < -0.39 is 0 Å². The Morgan fingerprint density at radius 2 is 1.95 bits per heavy atom. The molecule has 0 spiro atoms. The maximum absolute atomic E-state index is 5.62. The summed E-state index contributed by atoms with van der Waals surface area (Å²) in [5, 5.41) is 4.22. The molecule has 1 saturated heterocycles. The van der Waals surface area contributed by atoms with Gasteiger partial charge in [-0.05, 0) is 42.9 Å². The second kappa shape index (κ2) is 6.66. The van der Waals surface area contributed by atoms with Gasteiger partial charge in [-0.3, -0.25) is 4.90 Å². The minimum atomic E-state index is 0.380. The van der Waals surface area contributed by atoms with Crippen molar-refractivity contribution in [3.05, 3.63) is 52.9 Å². The average Bonchev–Trinajstić information content (AvgIpc) is 3.16. The monoisotopic (exact) mass is 298 g/mol. The van der Waals surface area contributed by atoms with Gasteiger partial charge >= 0.3 is 0 Å². The summed E-state index contributed by atoms with van der Waals surface area (Å²) < 4.78 is 5.62. The van der Waals surface area contributed by atoms with Crippen LogP contribution >= 0.6 is 0 Å². The van der Waals surface area contributed by atoms with Crippen molar-refractivity contribution in [3.63, 3.8) is 0 Å². The Labute approximate surface area is 133 Å². The van der Waals surface area contributed by atoms with Crippen molar-refractivity contribution in [2.45, 2.75) is 58.5 Å². The molecule has 0 N–H and O–H groups in total. The molecule has 1 unspecified atom stereocenters. The maximum atomic E-state index is 5.62. The van der Waals surface area contributed by atoms with E-state index in [0.29, 0.717) is 12.0 Å². The average molecular weight is 298 g/mol. The Bertz CT molecular complexity index is 600. The Morgan fingerprint density at radius 1 is 1.23 bits per heavy atom. The Kier molecular flexibility index (Phi) is 4.63. The molecule has 0 saturated carbocycles. The van der Waals surface area contributed by atoms with Crippen molar-refractivity contribution < 1.29 is 4.52 Å². The first-order chi connectivity index (χ1) is 10.7. The lowest BCUT2D eigenvalue weighted by Crippen LogP contribution is -2.22. The molecular formula is C19H26N2O. The number of hydrogen-bond acceptors (Lipinski definition) is 3. The second-order valence-electron chi connectivity index (χ2n) is 6.61. The van der Waals surface area contributed by atoms with E-state index in [9.17, 15) is 0 Å². The number of nitrogens with zero attached hydrogens (tertiary/aromatic N) is 2. The fourth-order valence-electron chi connectivity index (χ4n) is 3.19. The van der Waals surface area contributed by atoms with Crippen LogP contribution in [-0.2, 0) is 13.0 Å². The molecule has 0 bridgehead atoms. The van der Waals surface area contributed by atoms with Crippen molar-refractivity contribution in [3.8, 4) is 0 Å². The number of rotatable bonds is 5. The first-order valence-corrected chi connectivity index (χ1v) is 8.45. The first kappa shape index (κ1) is 15.3. The molecule has 0 radical (unpaired) electrons. The SMILES string of the molecule is CCc1ccc(CN2CCCC2c2cc(C(C)C)no2)cc1. The van der Waals surface area contributed by atoms with E-state index in [1.807, 2.05) is 0 Å². The molecule has 0 amide bonds. The van der Waals surface area contributed by atoms with Crippen LogP contribution < -0.4 is 0 Å². The van der Waals surface area contributed by atoms with Crippen LogP contribution in [0.2, 0.25) is 0 Å². The zero-order valence-electron chi connectivity index (χ0n) is 13.9. The smallest absolute Gasteiger partial charge is 0.154 e. The molecule has 1 aliphatic heterocycles. The van der Waals surface area contributed by atoms with E-state index in [0.717, 1.165) is 31.0 Å². The highest BCUT2D eigenvalue weighted by molar-refractivity contribution is 5.23. The Hall–Kier alpha value is -1.61. The topological polar surface area (TPSA) is 29.3 Å². The van der Waals surface area contributed by atoms with Crippen LogP contribution in [0, 0.1) is 0 Å². The third kappa shape index (κ3) is 3.25. The maximum Gasteiger partial charge on any atom is 0.154 e. The molecule has 1 aromatic carbocycles. The van der Waals surface area contributed by atoms with Gasteiger partial charge in [0.05, 0.1) is 11.7 Å². The summed E-state index contributed by atoms with van der Waals surface area (Å²) in [5.41, 5.74) is 3.85. The summed E-state index contributed by atoms with van der Waals surface area (Å²) in [6, 6.07) is 11.5. The number of hydrogen-bond donors (Lipinski definition) is 0. The van der Waals surface area contributed by atoms with Crippen LogP contribution in [0.1, 0.15) is 68.2 Å². The van der Waals surface area contributed by atoms with Gasteiger partial charge < -0.3 is 4.52 Å². The predicted molar refractivity (Wildman–Crippen MR) is 88.8 cm³/mol. The van der Waals surface area contributed by atoms with Gasteiger partial charge in [0.2, 0.25) is 0 Å². The molecule has 22 heavy (non-hydrogen) atoms. The lowest BCUT2D eigenvalue weighted by Gasteiger charge is -2.22. The van der Waals surface area contributed by atoms with E-state index in [-0.39, 0.29) is 0 Å². The summed E-state index contributed by atoms with van der Waals surface area (Å²) >= 11 is 0. The molecule has 1 fully saturated rings. The number of aryl methyl sites for hydroxylation is 1. The molecular weight excluding hydrogens is 272 g/mol. The van der Waals surface area contributed by atoms with Crippen LogP contribution in [0.5, 0.6) is 0 Å². The standard InChI is InChI=1S/C19H26N2O/c1-4-15-7-9-16(10-8-15)13-21-11-5-6-18(21)19-12-17(14(2)3)20-22-19/h7-10,12,14,18H,4-6,11,13H2,1-3H3. The van der Waals surface area contributed by atoms with Crippen molar-refractivity contribution in [1.82, 2.24) is 10.1 Å². The molecule has 0 aliphatic carbocycles. The summed E-state index contributed by atoms with van der Waals surface area (Å²) in [6.07, 6.45) is 3.50. The van der Waals surface area contributed by atoms with Gasteiger partial charge in [-0.25, -0.2) is 0 Å². The largest absolute Gasteiger partial charge is 0.359 e. The van der Waals surface area contributed by atoms with E-state index in [1.54, 1.807) is 0 Å². The fraction of sp³-hybridized carbons (Fsp3) is 0.526. The van der Waals surface area contributed by atoms with Crippen LogP contribution in [0.15, 0.2) is 34.9 Å². The molecule has 3 rings (SSSR count). The van der Waals surface area contributed by atoms with E-state index in [4.69, 9.17) is 4.52 Å². The molecule has 2 heterocycles. The quantitative estimate of drug-likeness (QED) is 0.801. The molecule has 3 nitrogen and oxygen atoms in total. The summed E-state index contributed by atoms with van der Waals surface area (Å²) in [6.45, 7) is 8.64. The Balaban J connectivity index is 1.71. The van der Waals surface area contributed by atoms with Crippen molar-refractivity contribution in [2.75, 3.05) is 6.54 Å². The molecule has 1 aromatic heterocycles. The lowest BCUT2D eigenvalue weighted by molar-refractivity contribution is 0.206. The van der Waals surface area contributed by atoms with Gasteiger partial charge in [0.15, 0.2) is 5.76 Å². The summed E-state index contributed by atoms with van der Waals surface area (Å²) in [7, 11) is 0. The second-order valence-corrected chi connectivity index (χ2v) is 6.61. The predicted octanol–water partition coefficient (Wildman–Crippen LogP) is 4.70. The minimum absolute atomic E-state index is 0.380. The molecule has 1 atom stereocenters. The number of benzene rings is 1. The number of aromatic nitrogens is 1. The molecule has 1 aliphatic rings. The van der Waals surface area contributed by atoms with Gasteiger partial charge in [-0.2, -0.15) is 0 Å². The fourth-order valence-corrected chi connectivity index (χ4v) is 3.19. The van der Waals surface area contributed by atoms with Crippen LogP contribution in [0.3, 0.4) is 0 Å². The van der Waals surface area contributed by atoms with Crippen molar-refractivity contribution >= 4 is 0 Å². The highest BCUT2D eigenvalue weighted by atomic mass is 16.5. The van der Waals surface area contributed by atoms with Gasteiger partial charge in [0.25, 0.3) is 0 Å². The van der Waals surface area contributed by atoms with Gasteiger partial charge in [0.1, 0.15) is 0 Å². The minimum Gasteiger partial charge on any atom is -0.359 e. The normalized spacial score (nSPS) is 19.2. The summed E-state index contributed by atoms with van der Waals surface area (Å²) in [4.78, 5) is 2.52. The van der Waals surface area contributed by atoms with Crippen LogP contribution in [0.25, 0.3) is 0 Å². The highest BCUT2D eigenvalue weighted by Gasteiger charge is 2.29. The molecule has 2 aromatic rings. The number of likely N-dealkylation sites (tertiary alicyclic amines) is 1. The van der Waals surface area contributed by atoms with Crippen LogP contribution in [-0.4, -0.2) is 16.6 Å². The third-order valence-corrected chi connectivity index (χ3v) is 4.65. The van der Waals surface area contributed by atoms with Crippen molar-refractivity contribution in [2.24, 2.45) is 0 Å². The lowest BCUT2D eigenvalue weighted by atomic mass is 10.1. The zero-order valence-corrected chi connectivity index (χ0v) is 13.9. The van der Waals surface area contributed by atoms with Crippen LogP contribution in [0.4, 0.5) is 0 Å². The van der Waals surface area contributed by atoms with E-state index in [2.05, 4.69) is 61.2 Å². The van der Waals surface area contributed by atoms with Gasteiger partial charge in [-0.15, -0.1) is 0 Å². The molecule has 118 valence electrons. The molecule has 3 heteroatoms. The van der Waals surface area contributed by atoms with E-state index >= 15 is 0 Å². The highest BCUT2D eigenvalue weighted by Crippen LogP contribution is 2.34.